The molecular weight excluding hydrogens is 316 g/mol. The minimum absolute atomic E-state index is 0.239. The van der Waals surface area contributed by atoms with Crippen molar-refractivity contribution >= 4 is 29.2 Å². The van der Waals surface area contributed by atoms with Crippen LogP contribution in [0.25, 0.3) is 0 Å². The lowest BCUT2D eigenvalue weighted by molar-refractivity contribution is 0.102. The van der Waals surface area contributed by atoms with E-state index in [1.54, 1.807) is 19.1 Å². The fourth-order valence-corrected chi connectivity index (χ4v) is 3.15. The number of nitrogens with zero attached hydrogens (tertiary/aromatic N) is 2. The molecule has 0 saturated heterocycles. The van der Waals surface area contributed by atoms with Crippen LogP contribution >= 0.6 is 11.3 Å². The van der Waals surface area contributed by atoms with Gasteiger partial charge in [0, 0.05) is 12.1 Å². The van der Waals surface area contributed by atoms with Gasteiger partial charge in [0.2, 0.25) is 0 Å². The number of ether oxygens (including phenoxy) is 1. The van der Waals surface area contributed by atoms with Crippen LogP contribution in [0.5, 0.6) is 0 Å². The minimum atomic E-state index is -0.598. The van der Waals surface area contributed by atoms with Crippen molar-refractivity contribution in [3.63, 3.8) is 0 Å². The Bertz CT molecular complexity index is 749. The zero-order valence-electron chi connectivity index (χ0n) is 13.2. The van der Waals surface area contributed by atoms with Gasteiger partial charge in [-0.25, -0.2) is 4.79 Å². The summed E-state index contributed by atoms with van der Waals surface area (Å²) in [4.78, 5) is 25.1. The molecule has 122 valence electrons. The van der Waals surface area contributed by atoms with Gasteiger partial charge in [0.15, 0.2) is 0 Å². The topological polar surface area (TPSA) is 85.2 Å². The Morgan fingerprint density at radius 2 is 2.30 bits per heavy atom. The number of hydrogen-bond donors (Lipinski definition) is 2. The van der Waals surface area contributed by atoms with E-state index in [1.165, 1.54) is 11.3 Å². The van der Waals surface area contributed by atoms with Gasteiger partial charge in [-0.2, -0.15) is 5.10 Å². The summed E-state index contributed by atoms with van der Waals surface area (Å²) in [6, 6.07) is 3.53. The van der Waals surface area contributed by atoms with Crippen molar-refractivity contribution in [1.82, 2.24) is 15.1 Å². The summed E-state index contributed by atoms with van der Waals surface area (Å²) in [5.74, 6) is 0.105. The van der Waals surface area contributed by atoms with Crippen LogP contribution in [0.1, 0.15) is 41.7 Å². The average Bonchev–Trinajstić information content (AvgIpc) is 3.18. The molecule has 2 aromatic heterocycles. The zero-order chi connectivity index (χ0) is 16.6. The highest BCUT2D eigenvalue weighted by Gasteiger charge is 2.37. The van der Waals surface area contributed by atoms with E-state index in [9.17, 15) is 9.59 Å². The summed E-state index contributed by atoms with van der Waals surface area (Å²) < 4.78 is 6.18. The van der Waals surface area contributed by atoms with Gasteiger partial charge in [0.25, 0.3) is 5.91 Å². The van der Waals surface area contributed by atoms with E-state index in [4.69, 9.17) is 4.74 Å². The molecule has 1 amide bonds. The number of thiophene rings is 1. The molecule has 0 aliphatic carbocycles. The second-order valence-electron chi connectivity index (χ2n) is 5.70. The number of carbonyl (C=O) groups is 2. The third-order valence-corrected chi connectivity index (χ3v) is 4.57. The smallest absolute Gasteiger partial charge is 0.436 e. The first-order chi connectivity index (χ1) is 10.9. The summed E-state index contributed by atoms with van der Waals surface area (Å²) in [6.45, 7) is 6.45. The van der Waals surface area contributed by atoms with Gasteiger partial charge < -0.3 is 15.4 Å². The van der Waals surface area contributed by atoms with Crippen LogP contribution in [0.15, 0.2) is 17.5 Å². The first-order valence-corrected chi connectivity index (χ1v) is 8.21. The molecule has 7 nitrogen and oxygen atoms in total. The maximum atomic E-state index is 12.4. The maximum absolute atomic E-state index is 12.4. The van der Waals surface area contributed by atoms with E-state index in [2.05, 4.69) is 15.7 Å². The molecule has 0 atom stereocenters. The molecule has 0 saturated carbocycles. The molecule has 1 aliphatic rings. The number of hydrogen-bond acceptors (Lipinski definition) is 6. The number of nitrogens with one attached hydrogen (secondary N) is 2. The number of rotatable bonds is 3. The van der Waals surface area contributed by atoms with Gasteiger partial charge in [-0.15, -0.1) is 16.0 Å². The lowest BCUT2D eigenvalue weighted by atomic mass is 10.0. The molecule has 0 fully saturated rings. The van der Waals surface area contributed by atoms with E-state index in [0.29, 0.717) is 17.2 Å². The molecule has 1 aliphatic heterocycles. The fraction of sp³-hybridized carbons (Fsp3) is 0.400. The predicted molar refractivity (Wildman–Crippen MR) is 86.8 cm³/mol. The van der Waals surface area contributed by atoms with Crippen LogP contribution in [-0.2, 0) is 16.8 Å². The maximum Gasteiger partial charge on any atom is 0.436 e. The Morgan fingerprint density at radius 1 is 1.52 bits per heavy atom. The minimum Gasteiger partial charge on any atom is -0.448 e. The summed E-state index contributed by atoms with van der Waals surface area (Å²) in [5, 5.41) is 12.3. The van der Waals surface area contributed by atoms with Gasteiger partial charge in [0.1, 0.15) is 5.82 Å². The highest BCUT2D eigenvalue weighted by atomic mass is 32.1. The second kappa shape index (κ2) is 5.78. The van der Waals surface area contributed by atoms with Gasteiger partial charge in [0.05, 0.1) is 22.7 Å². The molecule has 0 unspecified atom stereocenters. The normalized spacial score (nSPS) is 15.3. The van der Waals surface area contributed by atoms with E-state index in [-0.39, 0.29) is 18.1 Å². The highest BCUT2D eigenvalue weighted by Crippen LogP contribution is 2.34. The monoisotopic (exact) mass is 334 g/mol. The molecular formula is C15H18N4O3S. The molecule has 2 aromatic rings. The SMILES string of the molecule is CCOC(=O)n1nc2c(c1NC(=O)c1cccs1)CNC2(C)C. The third kappa shape index (κ3) is 2.75. The summed E-state index contributed by atoms with van der Waals surface area (Å²) in [5.41, 5.74) is 1.19. The lowest BCUT2D eigenvalue weighted by Crippen LogP contribution is -2.31. The molecule has 0 spiro atoms. The first kappa shape index (κ1) is 15.7. The first-order valence-electron chi connectivity index (χ1n) is 7.33. The van der Waals surface area contributed by atoms with Gasteiger partial charge in [-0.1, -0.05) is 6.07 Å². The van der Waals surface area contributed by atoms with Crippen molar-refractivity contribution in [2.45, 2.75) is 32.9 Å². The van der Waals surface area contributed by atoms with Gasteiger partial charge in [-0.3, -0.25) is 4.79 Å². The standard InChI is InChI=1S/C15H18N4O3S/c1-4-22-14(21)19-12(17-13(20)10-6-5-7-23-10)9-8-16-15(2,3)11(9)18-19/h5-7,16H,4,8H2,1-3H3,(H,17,20). The van der Waals surface area contributed by atoms with Crippen LogP contribution in [-0.4, -0.2) is 28.4 Å². The van der Waals surface area contributed by atoms with E-state index in [1.807, 2.05) is 19.2 Å². The van der Waals surface area contributed by atoms with Crippen molar-refractivity contribution < 1.29 is 14.3 Å². The Kier molecular flexibility index (Phi) is 3.95. The quantitative estimate of drug-likeness (QED) is 0.901. The van der Waals surface area contributed by atoms with E-state index >= 15 is 0 Å². The fourth-order valence-electron chi connectivity index (χ4n) is 2.54. The van der Waals surface area contributed by atoms with E-state index in [0.717, 1.165) is 15.9 Å². The number of aromatic nitrogens is 2. The molecule has 3 rings (SSSR count). The average molecular weight is 334 g/mol. The molecule has 23 heavy (non-hydrogen) atoms. The third-order valence-electron chi connectivity index (χ3n) is 3.70. The number of fused-ring (bicyclic) bond motifs is 1. The summed E-state index contributed by atoms with van der Waals surface area (Å²) >= 11 is 1.34. The number of anilines is 1. The lowest BCUT2D eigenvalue weighted by Gasteiger charge is -2.17. The van der Waals surface area contributed by atoms with Crippen LogP contribution in [0.3, 0.4) is 0 Å². The second-order valence-corrected chi connectivity index (χ2v) is 6.64. The molecule has 3 heterocycles. The highest BCUT2D eigenvalue weighted by molar-refractivity contribution is 7.12. The van der Waals surface area contributed by atoms with Gasteiger partial charge in [-0.05, 0) is 32.2 Å². The summed E-state index contributed by atoms with van der Waals surface area (Å²) in [6.07, 6.45) is -0.598. The van der Waals surface area contributed by atoms with Crippen molar-refractivity contribution in [1.29, 1.82) is 0 Å². The predicted octanol–water partition coefficient (Wildman–Crippen LogP) is 2.54. The van der Waals surface area contributed by atoms with Gasteiger partial charge >= 0.3 is 6.09 Å². The largest absolute Gasteiger partial charge is 0.448 e. The van der Waals surface area contributed by atoms with Crippen molar-refractivity contribution in [3.8, 4) is 0 Å². The Labute approximate surface area is 137 Å². The Morgan fingerprint density at radius 3 is 2.96 bits per heavy atom. The van der Waals surface area contributed by atoms with Crippen LogP contribution in [0.2, 0.25) is 0 Å². The van der Waals surface area contributed by atoms with E-state index < -0.39 is 6.09 Å². The summed E-state index contributed by atoms with van der Waals surface area (Å²) in [7, 11) is 0. The number of carbonyl (C=O) groups excluding carboxylic acids is 2. The molecule has 0 aromatic carbocycles. The Balaban J connectivity index is 2.00. The van der Waals surface area contributed by atoms with Crippen LogP contribution in [0, 0.1) is 0 Å². The zero-order valence-corrected chi connectivity index (χ0v) is 14.0. The van der Waals surface area contributed by atoms with Crippen molar-refractivity contribution in [3.05, 3.63) is 33.6 Å². The number of amides is 1. The Hall–Kier alpha value is -2.19. The molecule has 8 heteroatoms. The molecule has 0 radical (unpaired) electrons. The molecule has 0 bridgehead atoms. The van der Waals surface area contributed by atoms with Crippen LogP contribution < -0.4 is 10.6 Å². The molecule has 2 N–H and O–H groups in total. The van der Waals surface area contributed by atoms with Crippen molar-refractivity contribution in [2.24, 2.45) is 0 Å². The van der Waals surface area contributed by atoms with Crippen molar-refractivity contribution in [2.75, 3.05) is 11.9 Å². The van der Waals surface area contributed by atoms with Crippen LogP contribution in [0.4, 0.5) is 10.6 Å².